The summed E-state index contributed by atoms with van der Waals surface area (Å²) < 4.78 is 1.39. The van der Waals surface area contributed by atoms with E-state index in [4.69, 9.17) is 27.4 Å². The van der Waals surface area contributed by atoms with Gasteiger partial charge in [0, 0.05) is 18.8 Å². The van der Waals surface area contributed by atoms with Crippen molar-refractivity contribution in [3.8, 4) is 11.8 Å². The van der Waals surface area contributed by atoms with Crippen molar-refractivity contribution >= 4 is 45.9 Å². The molecule has 1 atom stereocenters. The molecule has 0 spiro atoms. The van der Waals surface area contributed by atoms with Crippen LogP contribution >= 0.6 is 11.6 Å². The lowest BCUT2D eigenvalue weighted by molar-refractivity contribution is 0.249. The van der Waals surface area contributed by atoms with Crippen LogP contribution in [-0.2, 0) is 0 Å². The summed E-state index contributed by atoms with van der Waals surface area (Å²) in [6, 6.07) is 12.5. The van der Waals surface area contributed by atoms with Gasteiger partial charge in [-0.1, -0.05) is 23.7 Å². The molecular weight excluding hydrogens is 510 g/mol. The zero-order valence-corrected chi connectivity index (χ0v) is 21.0. The summed E-state index contributed by atoms with van der Waals surface area (Å²) in [7, 11) is 0. The number of nitrogens with one attached hydrogen (secondary N) is 3. The van der Waals surface area contributed by atoms with Gasteiger partial charge in [-0.25, -0.2) is 19.7 Å². The highest BCUT2D eigenvalue weighted by Crippen LogP contribution is 2.26. The van der Waals surface area contributed by atoms with Gasteiger partial charge in [0.25, 0.3) is 5.56 Å². The van der Waals surface area contributed by atoms with E-state index in [1.165, 1.54) is 10.9 Å². The summed E-state index contributed by atoms with van der Waals surface area (Å²) in [6.45, 7) is 2.02. The van der Waals surface area contributed by atoms with Crippen molar-refractivity contribution in [2.75, 3.05) is 29.5 Å². The van der Waals surface area contributed by atoms with Gasteiger partial charge < -0.3 is 26.8 Å². The number of aliphatic hydroxyl groups is 1. The second-order valence-electron chi connectivity index (χ2n) is 8.21. The minimum atomic E-state index is -0.633. The Bertz CT molecular complexity index is 1600. The van der Waals surface area contributed by atoms with Crippen molar-refractivity contribution in [3.63, 3.8) is 0 Å². The maximum Gasteiger partial charge on any atom is 0.319 e. The Hall–Kier alpha value is -4.73. The predicted octanol–water partition coefficient (Wildman–Crippen LogP) is 2.96. The second-order valence-corrected chi connectivity index (χ2v) is 8.62. The van der Waals surface area contributed by atoms with Crippen LogP contribution in [0.25, 0.3) is 16.6 Å². The van der Waals surface area contributed by atoms with Gasteiger partial charge in [0.05, 0.1) is 27.7 Å². The molecule has 6 N–H and O–H groups in total. The Morgan fingerprint density at radius 1 is 1.26 bits per heavy atom. The average molecular weight is 534 g/mol. The fourth-order valence-corrected chi connectivity index (χ4v) is 4.06. The lowest BCUT2D eigenvalue weighted by Crippen LogP contribution is -2.30. The van der Waals surface area contributed by atoms with Gasteiger partial charge in [0.1, 0.15) is 35.4 Å². The molecule has 0 aliphatic rings. The number of nitriles is 1. The Kier molecular flexibility index (Phi) is 8.00. The van der Waals surface area contributed by atoms with E-state index in [1.807, 2.05) is 6.07 Å². The maximum atomic E-state index is 13.8. The van der Waals surface area contributed by atoms with Crippen molar-refractivity contribution in [1.29, 1.82) is 5.26 Å². The van der Waals surface area contributed by atoms with E-state index in [-0.39, 0.29) is 34.2 Å². The number of carbonyl (C=O) groups is 1. The van der Waals surface area contributed by atoms with E-state index in [9.17, 15) is 14.9 Å². The van der Waals surface area contributed by atoms with Crippen LogP contribution in [0.3, 0.4) is 0 Å². The number of fused-ring (bicyclic) bond motifs is 1. The fourth-order valence-electron chi connectivity index (χ4n) is 3.81. The maximum absolute atomic E-state index is 13.8. The number of hydrogen-bond acceptors (Lipinski definition) is 9. The topological polar surface area (TPSA) is 184 Å². The standard InChI is InChI=1S/C25H24ClN9O3/c1-14(32-22-17(12-27)21(28)30-13-31-22)23-34-19-8-3-7-18(26)20(19)24(37)35(23)16-6-2-5-15(11-16)33-25(38)29-9-4-10-36/h2-3,5-8,11,13-14,36H,4,9-10H2,1H3,(H2,29,33,38)(H3,28,30,31,32). The van der Waals surface area contributed by atoms with Gasteiger partial charge in [0.2, 0.25) is 0 Å². The SMILES string of the molecule is CC(Nc1ncnc(N)c1C#N)c1nc2cccc(Cl)c2c(=O)n1-c1cccc(NC(=O)NCCCO)c1. The Labute approximate surface area is 222 Å². The summed E-state index contributed by atoms with van der Waals surface area (Å²) in [5.41, 5.74) is 6.71. The number of nitrogens with zero attached hydrogens (tertiary/aromatic N) is 5. The molecule has 0 radical (unpaired) electrons. The molecule has 12 nitrogen and oxygen atoms in total. The molecule has 4 aromatic rings. The van der Waals surface area contributed by atoms with Crippen molar-refractivity contribution in [1.82, 2.24) is 24.8 Å². The number of carbonyl (C=O) groups excluding carboxylic acids is 1. The van der Waals surface area contributed by atoms with Gasteiger partial charge in [-0.2, -0.15) is 5.26 Å². The van der Waals surface area contributed by atoms with Gasteiger partial charge in [-0.3, -0.25) is 9.36 Å². The highest BCUT2D eigenvalue weighted by atomic mass is 35.5. The zero-order valence-electron chi connectivity index (χ0n) is 20.3. The molecule has 2 aromatic heterocycles. The monoisotopic (exact) mass is 533 g/mol. The number of anilines is 3. The number of amides is 2. The molecule has 38 heavy (non-hydrogen) atoms. The first-order valence-corrected chi connectivity index (χ1v) is 12.0. The van der Waals surface area contributed by atoms with Crippen LogP contribution in [0.4, 0.5) is 22.1 Å². The van der Waals surface area contributed by atoms with E-state index in [0.717, 1.165) is 0 Å². The first-order valence-electron chi connectivity index (χ1n) is 11.6. The first-order chi connectivity index (χ1) is 18.3. The van der Waals surface area contributed by atoms with Gasteiger partial charge in [-0.15, -0.1) is 0 Å². The van der Waals surface area contributed by atoms with E-state index >= 15 is 0 Å². The minimum Gasteiger partial charge on any atom is -0.396 e. The Morgan fingerprint density at radius 2 is 2.05 bits per heavy atom. The summed E-state index contributed by atoms with van der Waals surface area (Å²) in [6.07, 6.45) is 1.65. The second kappa shape index (κ2) is 11.5. The summed E-state index contributed by atoms with van der Waals surface area (Å²) in [5, 5.41) is 27.3. The number of benzene rings is 2. The van der Waals surface area contributed by atoms with Crippen LogP contribution in [0.15, 0.2) is 53.6 Å². The van der Waals surface area contributed by atoms with E-state index in [2.05, 4.69) is 25.9 Å². The molecular formula is C25H24ClN9O3. The predicted molar refractivity (Wildman–Crippen MR) is 144 cm³/mol. The van der Waals surface area contributed by atoms with Crippen molar-refractivity contribution in [2.45, 2.75) is 19.4 Å². The lowest BCUT2D eigenvalue weighted by atomic mass is 10.2. The highest BCUT2D eigenvalue weighted by Gasteiger charge is 2.21. The number of aromatic nitrogens is 4. The van der Waals surface area contributed by atoms with Crippen LogP contribution in [0.5, 0.6) is 0 Å². The zero-order chi connectivity index (χ0) is 27.2. The normalized spacial score (nSPS) is 11.5. The number of urea groups is 1. The van der Waals surface area contributed by atoms with Crippen LogP contribution in [0.1, 0.15) is 30.8 Å². The number of rotatable bonds is 8. The molecule has 0 aliphatic heterocycles. The number of hydrogen-bond donors (Lipinski definition) is 5. The molecule has 0 saturated heterocycles. The third-order valence-electron chi connectivity index (χ3n) is 5.58. The third-order valence-corrected chi connectivity index (χ3v) is 5.90. The fraction of sp³-hybridized carbons (Fsp3) is 0.200. The molecule has 2 amide bonds. The molecule has 1 unspecified atom stereocenters. The van der Waals surface area contributed by atoms with Crippen LogP contribution in [0, 0.1) is 11.3 Å². The van der Waals surface area contributed by atoms with Crippen LogP contribution in [-0.4, -0.2) is 43.8 Å². The molecule has 2 aromatic carbocycles. The lowest BCUT2D eigenvalue weighted by Gasteiger charge is -2.21. The van der Waals surface area contributed by atoms with E-state index in [0.29, 0.717) is 35.7 Å². The molecule has 0 saturated carbocycles. The highest BCUT2D eigenvalue weighted by molar-refractivity contribution is 6.35. The van der Waals surface area contributed by atoms with Crippen LogP contribution in [0.2, 0.25) is 5.02 Å². The first kappa shape index (κ1) is 26.3. The molecule has 2 heterocycles. The Balaban J connectivity index is 1.81. The minimum absolute atomic E-state index is 0.0175. The Morgan fingerprint density at radius 3 is 2.82 bits per heavy atom. The molecule has 4 rings (SSSR count). The van der Waals surface area contributed by atoms with Gasteiger partial charge in [0.15, 0.2) is 0 Å². The molecule has 0 aliphatic carbocycles. The summed E-state index contributed by atoms with van der Waals surface area (Å²) >= 11 is 6.38. The number of aliphatic hydroxyl groups excluding tert-OH is 1. The van der Waals surface area contributed by atoms with Crippen LogP contribution < -0.4 is 27.2 Å². The number of halogens is 1. The average Bonchev–Trinajstić information content (AvgIpc) is 2.89. The molecule has 13 heteroatoms. The molecule has 0 fully saturated rings. The molecule has 0 bridgehead atoms. The third kappa shape index (κ3) is 5.49. The van der Waals surface area contributed by atoms with Crippen molar-refractivity contribution in [2.24, 2.45) is 0 Å². The molecule has 194 valence electrons. The van der Waals surface area contributed by atoms with Crippen molar-refractivity contribution in [3.05, 3.63) is 75.6 Å². The van der Waals surface area contributed by atoms with Crippen molar-refractivity contribution < 1.29 is 9.90 Å². The smallest absolute Gasteiger partial charge is 0.319 e. The summed E-state index contributed by atoms with van der Waals surface area (Å²) in [4.78, 5) is 38.7. The van der Waals surface area contributed by atoms with Gasteiger partial charge in [-0.05, 0) is 43.7 Å². The number of nitrogens with two attached hydrogens (primary N) is 1. The number of nitrogen functional groups attached to an aromatic ring is 1. The largest absolute Gasteiger partial charge is 0.396 e. The quantitative estimate of drug-likeness (QED) is 0.212. The van der Waals surface area contributed by atoms with Gasteiger partial charge >= 0.3 is 6.03 Å². The summed E-state index contributed by atoms with van der Waals surface area (Å²) in [5.74, 6) is 0.508. The van der Waals surface area contributed by atoms with E-state index in [1.54, 1.807) is 49.4 Å². The van der Waals surface area contributed by atoms with E-state index < -0.39 is 17.6 Å².